The van der Waals surface area contributed by atoms with Gasteiger partial charge in [0.15, 0.2) is 0 Å². The van der Waals surface area contributed by atoms with Gasteiger partial charge in [-0.25, -0.2) is 0 Å². The maximum atomic E-state index is 3.95. The fourth-order valence-corrected chi connectivity index (χ4v) is 25.2. The first-order valence-electron chi connectivity index (χ1n) is 16.1. The second kappa shape index (κ2) is 11.5. The summed E-state index contributed by atoms with van der Waals surface area (Å²) in [6, 6.07) is 19.3. The molecule has 0 unspecified atom stereocenters. The molecule has 0 radical (unpaired) electrons. The monoisotopic (exact) mass is 626 g/mol. The summed E-state index contributed by atoms with van der Waals surface area (Å²) in [5.41, 5.74) is 8.05. The van der Waals surface area contributed by atoms with E-state index in [9.17, 15) is 0 Å². The third kappa shape index (κ3) is 4.84. The third-order valence-electron chi connectivity index (χ3n) is 10.7. The lowest BCUT2D eigenvalue weighted by Crippen LogP contribution is -2.54. The first kappa shape index (κ1) is 31.5. The van der Waals surface area contributed by atoms with Crippen LogP contribution in [0.25, 0.3) is 41.7 Å². The molecule has 222 valence electrons. The van der Waals surface area contributed by atoms with Crippen molar-refractivity contribution < 1.29 is 0 Å². The van der Waals surface area contributed by atoms with Crippen molar-refractivity contribution in [3.63, 3.8) is 0 Å². The van der Waals surface area contributed by atoms with Crippen LogP contribution in [-0.4, -0.2) is 16.1 Å². The third-order valence-corrected chi connectivity index (χ3v) is 27.0. The minimum atomic E-state index is -1.76. The standard InChI is InChI=1S/C38H50S2Si2/c1-23(2)41(24(3)4,25(5)6)18-17-31-21-34-32-19-30-14-16-37-35(33(30)20-29(32)13-15-36(34)39-31)22-38(40-37)42(26(7)8,27(9)10)28(11)12/h13-16,19-28H,1-12H3. The molecule has 0 bridgehead atoms. The topological polar surface area (TPSA) is 0 Å². The summed E-state index contributed by atoms with van der Waals surface area (Å²) in [6.07, 6.45) is 0. The largest absolute Gasteiger partial charge is 0.146 e. The van der Waals surface area contributed by atoms with Crippen LogP contribution in [0.4, 0.5) is 0 Å². The van der Waals surface area contributed by atoms with Crippen molar-refractivity contribution in [1.82, 2.24) is 0 Å². The summed E-state index contributed by atoms with van der Waals surface area (Å²) >= 11 is 3.94. The van der Waals surface area contributed by atoms with Crippen LogP contribution in [0, 0.1) is 11.5 Å². The zero-order valence-electron chi connectivity index (χ0n) is 27.9. The van der Waals surface area contributed by atoms with Gasteiger partial charge in [0, 0.05) is 20.2 Å². The molecule has 0 nitrogen and oxygen atoms in total. The van der Waals surface area contributed by atoms with E-state index in [1.165, 1.54) is 46.6 Å². The molecule has 0 N–H and O–H groups in total. The number of rotatable bonds is 7. The van der Waals surface area contributed by atoms with Crippen molar-refractivity contribution in [3.05, 3.63) is 53.4 Å². The molecule has 42 heavy (non-hydrogen) atoms. The predicted molar refractivity (Wildman–Crippen MR) is 201 cm³/mol. The van der Waals surface area contributed by atoms with Gasteiger partial charge in [-0.1, -0.05) is 101 Å². The van der Waals surface area contributed by atoms with Crippen LogP contribution in [0.5, 0.6) is 0 Å². The second-order valence-electron chi connectivity index (χ2n) is 14.5. The fraction of sp³-hybridized carbons (Fsp3) is 0.474. The van der Waals surface area contributed by atoms with Crippen LogP contribution in [0.1, 0.15) is 88.0 Å². The van der Waals surface area contributed by atoms with Gasteiger partial charge in [-0.05, 0) is 95.7 Å². The molecule has 5 aromatic rings. The Morgan fingerprint density at radius 1 is 0.500 bits per heavy atom. The van der Waals surface area contributed by atoms with Gasteiger partial charge in [-0.2, -0.15) is 0 Å². The van der Waals surface area contributed by atoms with E-state index in [2.05, 4.69) is 154 Å². The highest BCUT2D eigenvalue weighted by molar-refractivity contribution is 7.32. The highest BCUT2D eigenvalue weighted by Crippen LogP contribution is 2.45. The van der Waals surface area contributed by atoms with Gasteiger partial charge >= 0.3 is 0 Å². The molecule has 5 rings (SSSR count). The van der Waals surface area contributed by atoms with Gasteiger partial charge in [0.1, 0.15) is 16.1 Å². The van der Waals surface area contributed by atoms with Crippen molar-refractivity contribution >= 4 is 85.0 Å². The molecule has 0 aliphatic rings. The average molecular weight is 627 g/mol. The predicted octanol–water partition coefficient (Wildman–Crippen LogP) is 12.9. The molecule has 0 amide bonds. The SMILES string of the molecule is CC(C)[Si](C#Cc1cc2c(ccc3cc4c(ccc5sc([Si](C(C)C)(C(C)C)C(C)C)cc54)cc32)s1)(C(C)C)C(C)C. The van der Waals surface area contributed by atoms with Gasteiger partial charge in [0.25, 0.3) is 0 Å². The molecule has 0 saturated heterocycles. The van der Waals surface area contributed by atoms with Crippen molar-refractivity contribution in [1.29, 1.82) is 0 Å². The number of hydrogen-bond donors (Lipinski definition) is 0. The molecule has 0 spiro atoms. The number of thiophene rings is 2. The van der Waals surface area contributed by atoms with E-state index >= 15 is 0 Å². The molecule has 3 aromatic carbocycles. The van der Waals surface area contributed by atoms with E-state index in [1.807, 2.05) is 11.3 Å². The van der Waals surface area contributed by atoms with Gasteiger partial charge in [-0.3, -0.25) is 0 Å². The Hall–Kier alpha value is -1.91. The zero-order valence-corrected chi connectivity index (χ0v) is 31.5. The average Bonchev–Trinajstić information content (AvgIpc) is 3.51. The zero-order chi connectivity index (χ0) is 30.7. The first-order chi connectivity index (χ1) is 19.7. The van der Waals surface area contributed by atoms with E-state index in [4.69, 9.17) is 0 Å². The fourth-order valence-electron chi connectivity index (χ4n) is 8.92. The maximum Gasteiger partial charge on any atom is 0.146 e. The Morgan fingerprint density at radius 3 is 1.40 bits per heavy atom. The summed E-state index contributed by atoms with van der Waals surface area (Å²) in [5, 5.41) is 8.24. The lowest BCUT2D eigenvalue weighted by atomic mass is 9.99. The molecular formula is C38H50S2Si2. The van der Waals surface area contributed by atoms with Crippen LogP contribution in [0.3, 0.4) is 0 Å². The van der Waals surface area contributed by atoms with E-state index in [1.54, 1.807) is 4.50 Å². The normalized spacial score (nSPS) is 13.4. The molecule has 0 saturated carbocycles. The highest BCUT2D eigenvalue weighted by Gasteiger charge is 2.45. The van der Waals surface area contributed by atoms with Crippen LogP contribution in [-0.2, 0) is 0 Å². The number of fused-ring (bicyclic) bond motifs is 6. The van der Waals surface area contributed by atoms with Gasteiger partial charge in [0.05, 0.1) is 4.88 Å². The summed E-state index contributed by atoms with van der Waals surface area (Å²) in [4.78, 5) is 1.21. The molecule has 4 heteroatoms. The van der Waals surface area contributed by atoms with Crippen LogP contribution >= 0.6 is 22.7 Å². The Balaban J connectivity index is 1.67. The van der Waals surface area contributed by atoms with Crippen LogP contribution < -0.4 is 4.50 Å². The summed E-state index contributed by atoms with van der Waals surface area (Å²) in [5.74, 6) is 3.72. The van der Waals surface area contributed by atoms with Crippen molar-refractivity contribution in [3.8, 4) is 11.5 Å². The van der Waals surface area contributed by atoms with Gasteiger partial charge in [0.2, 0.25) is 0 Å². The molecule has 2 heterocycles. The minimum Gasteiger partial charge on any atom is -0.145 e. The highest BCUT2D eigenvalue weighted by atomic mass is 32.1. The Kier molecular flexibility index (Phi) is 8.66. The van der Waals surface area contributed by atoms with Crippen LogP contribution in [0.15, 0.2) is 48.5 Å². The van der Waals surface area contributed by atoms with Crippen LogP contribution in [0.2, 0.25) is 33.2 Å². The molecule has 0 aliphatic carbocycles. The first-order valence-corrected chi connectivity index (χ1v) is 22.2. The lowest BCUT2D eigenvalue weighted by Gasteiger charge is -2.42. The second-order valence-corrected chi connectivity index (χ2v) is 28.5. The van der Waals surface area contributed by atoms with Gasteiger partial charge < -0.3 is 0 Å². The van der Waals surface area contributed by atoms with Gasteiger partial charge in [-0.15, -0.1) is 28.2 Å². The lowest BCUT2D eigenvalue weighted by molar-refractivity contribution is 0.837. The van der Waals surface area contributed by atoms with E-state index in [0.717, 1.165) is 16.6 Å². The van der Waals surface area contributed by atoms with E-state index in [-0.39, 0.29) is 0 Å². The van der Waals surface area contributed by atoms with Crippen molar-refractivity contribution in [2.75, 3.05) is 0 Å². The molecule has 0 atom stereocenters. The van der Waals surface area contributed by atoms with E-state index in [0.29, 0.717) is 16.6 Å². The number of benzene rings is 3. The molecule has 0 aliphatic heterocycles. The smallest absolute Gasteiger partial charge is 0.145 e. The molecule has 0 fully saturated rings. The quantitative estimate of drug-likeness (QED) is 0.0957. The Morgan fingerprint density at radius 2 is 0.952 bits per heavy atom. The van der Waals surface area contributed by atoms with Crippen molar-refractivity contribution in [2.24, 2.45) is 0 Å². The molecule has 2 aromatic heterocycles. The molecular weight excluding hydrogens is 577 g/mol. The maximum absolute atomic E-state index is 3.95. The van der Waals surface area contributed by atoms with E-state index < -0.39 is 16.1 Å². The minimum absolute atomic E-state index is 0.649. The summed E-state index contributed by atoms with van der Waals surface area (Å²) < 4.78 is 4.47. The Labute approximate surface area is 264 Å². The Bertz CT molecular complexity index is 1770. The summed E-state index contributed by atoms with van der Waals surface area (Å²) in [7, 11) is -3.45. The summed E-state index contributed by atoms with van der Waals surface area (Å²) in [6.45, 7) is 29.2. The number of hydrogen-bond acceptors (Lipinski definition) is 2. The van der Waals surface area contributed by atoms with Crippen molar-refractivity contribution in [2.45, 2.75) is 116 Å².